The molecule has 0 bridgehead atoms. The van der Waals surface area contributed by atoms with Gasteiger partial charge >= 0.3 is 5.97 Å². The maximum absolute atomic E-state index is 13.1. The Balaban J connectivity index is 2.80. The molecular formula is C13H13FN2O3. The molecule has 1 rings (SSSR count). The lowest BCUT2D eigenvalue weighted by Crippen LogP contribution is -2.28. The lowest BCUT2D eigenvalue weighted by Gasteiger charge is -2.09. The van der Waals surface area contributed by atoms with E-state index >= 15 is 0 Å². The fraction of sp³-hybridized carbons (Fsp3) is 0.231. The van der Waals surface area contributed by atoms with Crippen molar-refractivity contribution < 1.29 is 18.7 Å². The first kappa shape index (κ1) is 14.7. The third kappa shape index (κ3) is 4.41. The summed E-state index contributed by atoms with van der Waals surface area (Å²) in [4.78, 5) is 23.0. The van der Waals surface area contributed by atoms with Crippen LogP contribution in [0.2, 0.25) is 0 Å². The van der Waals surface area contributed by atoms with Gasteiger partial charge in [0.2, 0.25) is 5.91 Å². The Morgan fingerprint density at radius 1 is 1.47 bits per heavy atom. The molecule has 0 aliphatic rings. The van der Waals surface area contributed by atoms with Crippen LogP contribution in [0.3, 0.4) is 0 Å². The third-order valence-electron chi connectivity index (χ3n) is 2.17. The highest BCUT2D eigenvalue weighted by Crippen LogP contribution is 2.17. The number of hydrogen-bond donors (Lipinski definition) is 2. The van der Waals surface area contributed by atoms with Crippen LogP contribution in [0, 0.1) is 18.2 Å². The van der Waals surface area contributed by atoms with Crippen molar-refractivity contribution in [3.05, 3.63) is 29.6 Å². The van der Waals surface area contributed by atoms with Crippen LogP contribution in [0.5, 0.6) is 0 Å². The fourth-order valence-corrected chi connectivity index (χ4v) is 1.35. The Hall–Kier alpha value is -2.39. The maximum Gasteiger partial charge on any atom is 0.340 e. The van der Waals surface area contributed by atoms with Gasteiger partial charge in [-0.1, -0.05) is 5.92 Å². The second-order valence-electron chi connectivity index (χ2n) is 3.54. The van der Waals surface area contributed by atoms with Crippen LogP contribution in [0.15, 0.2) is 18.2 Å². The molecule has 5 nitrogen and oxygen atoms in total. The first-order chi connectivity index (χ1) is 9.08. The highest BCUT2D eigenvalue weighted by atomic mass is 19.1. The zero-order chi connectivity index (χ0) is 14.3. The minimum atomic E-state index is -0.730. The molecule has 0 fully saturated rings. The first-order valence-corrected chi connectivity index (χ1v) is 5.40. The molecule has 100 valence electrons. The number of rotatable bonds is 5. The second kappa shape index (κ2) is 7.13. The number of carbonyl (C=O) groups excluding carboxylic acids is 2. The van der Waals surface area contributed by atoms with E-state index in [0.29, 0.717) is 0 Å². The molecule has 1 amide bonds. The Labute approximate surface area is 110 Å². The molecule has 0 saturated carbocycles. The molecular weight excluding hydrogens is 251 g/mol. The van der Waals surface area contributed by atoms with Crippen LogP contribution in [0.25, 0.3) is 0 Å². The number of esters is 1. The summed E-state index contributed by atoms with van der Waals surface area (Å²) in [6.45, 7) is 0.239. The van der Waals surface area contributed by atoms with Gasteiger partial charge < -0.3 is 10.1 Å². The van der Waals surface area contributed by atoms with E-state index in [0.717, 1.165) is 12.1 Å². The third-order valence-corrected chi connectivity index (χ3v) is 2.17. The number of ether oxygens (including phenoxy) is 1. The van der Waals surface area contributed by atoms with Gasteiger partial charge in [-0.3, -0.25) is 10.1 Å². The predicted octanol–water partition coefficient (Wildman–Crippen LogP) is 0.774. The smallest absolute Gasteiger partial charge is 0.340 e. The molecule has 0 radical (unpaired) electrons. The molecule has 2 N–H and O–H groups in total. The van der Waals surface area contributed by atoms with Gasteiger partial charge in [0.15, 0.2) is 0 Å². The molecule has 0 unspecified atom stereocenters. The summed E-state index contributed by atoms with van der Waals surface area (Å²) in [5.41, 5.74) is 0.133. The van der Waals surface area contributed by atoms with Crippen molar-refractivity contribution in [3.8, 4) is 12.3 Å². The van der Waals surface area contributed by atoms with E-state index in [9.17, 15) is 14.0 Å². The van der Waals surface area contributed by atoms with Gasteiger partial charge in [-0.25, -0.2) is 9.18 Å². The zero-order valence-electron chi connectivity index (χ0n) is 10.3. The van der Waals surface area contributed by atoms with Crippen LogP contribution >= 0.6 is 0 Å². The Morgan fingerprint density at radius 2 is 2.21 bits per heavy atom. The SMILES string of the molecule is C#CCNCC(=O)Nc1ccc(F)cc1C(=O)OC. The van der Waals surface area contributed by atoms with Crippen LogP contribution in [-0.2, 0) is 9.53 Å². The van der Waals surface area contributed by atoms with Crippen molar-refractivity contribution >= 4 is 17.6 Å². The van der Waals surface area contributed by atoms with Crippen LogP contribution in [0.4, 0.5) is 10.1 Å². The second-order valence-corrected chi connectivity index (χ2v) is 3.54. The lowest BCUT2D eigenvalue weighted by atomic mass is 10.1. The Bertz CT molecular complexity index is 523. The molecule has 0 aliphatic carbocycles. The number of anilines is 1. The molecule has 0 spiro atoms. The lowest BCUT2D eigenvalue weighted by molar-refractivity contribution is -0.115. The quantitative estimate of drug-likeness (QED) is 0.468. The minimum absolute atomic E-state index is 0.0117. The number of hydrogen-bond acceptors (Lipinski definition) is 4. The molecule has 0 atom stereocenters. The molecule has 19 heavy (non-hydrogen) atoms. The van der Waals surface area contributed by atoms with E-state index in [2.05, 4.69) is 21.3 Å². The normalized spacial score (nSPS) is 9.53. The maximum atomic E-state index is 13.1. The first-order valence-electron chi connectivity index (χ1n) is 5.40. The van der Waals surface area contributed by atoms with Gasteiger partial charge in [-0.05, 0) is 18.2 Å². The number of terminal acetylenes is 1. The predicted molar refractivity (Wildman–Crippen MR) is 68.1 cm³/mol. The number of benzene rings is 1. The number of amides is 1. The molecule has 1 aromatic rings. The standard InChI is InChI=1S/C13H13FN2O3/c1-3-6-15-8-12(17)16-11-5-4-9(14)7-10(11)13(18)19-2/h1,4-5,7,15H,6,8H2,2H3,(H,16,17). The van der Waals surface area contributed by atoms with Gasteiger partial charge in [0.05, 0.1) is 31.5 Å². The summed E-state index contributed by atoms with van der Waals surface area (Å²) in [7, 11) is 1.17. The summed E-state index contributed by atoms with van der Waals surface area (Å²) in [6, 6.07) is 3.42. The summed E-state index contributed by atoms with van der Waals surface area (Å²) in [6.07, 6.45) is 5.02. The van der Waals surface area contributed by atoms with Gasteiger partial charge in [-0.15, -0.1) is 6.42 Å². The number of halogens is 1. The molecule has 0 saturated heterocycles. The largest absolute Gasteiger partial charge is 0.465 e. The van der Waals surface area contributed by atoms with Crippen LogP contribution < -0.4 is 10.6 Å². The topological polar surface area (TPSA) is 67.4 Å². The van der Waals surface area contributed by atoms with E-state index in [4.69, 9.17) is 6.42 Å². The van der Waals surface area contributed by atoms with E-state index in [1.807, 2.05) is 0 Å². The van der Waals surface area contributed by atoms with Gasteiger partial charge in [0.1, 0.15) is 5.82 Å². The Morgan fingerprint density at radius 3 is 2.84 bits per heavy atom. The summed E-state index contributed by atoms with van der Waals surface area (Å²) in [5, 5.41) is 5.17. The van der Waals surface area contributed by atoms with Gasteiger partial charge in [0, 0.05) is 0 Å². The fourth-order valence-electron chi connectivity index (χ4n) is 1.35. The van der Waals surface area contributed by atoms with E-state index in [-0.39, 0.29) is 24.3 Å². The zero-order valence-corrected chi connectivity index (χ0v) is 10.3. The Kier molecular flexibility index (Phi) is 5.51. The molecule has 1 aromatic carbocycles. The highest BCUT2D eigenvalue weighted by Gasteiger charge is 2.14. The van der Waals surface area contributed by atoms with Crippen molar-refractivity contribution in [2.75, 3.05) is 25.5 Å². The average Bonchev–Trinajstić information content (AvgIpc) is 2.40. The van der Waals surface area contributed by atoms with Gasteiger partial charge in [0.25, 0.3) is 0 Å². The average molecular weight is 264 g/mol. The van der Waals surface area contributed by atoms with Crippen molar-refractivity contribution in [2.24, 2.45) is 0 Å². The summed E-state index contributed by atoms with van der Waals surface area (Å²) >= 11 is 0. The van der Waals surface area contributed by atoms with Crippen LogP contribution in [0.1, 0.15) is 10.4 Å². The summed E-state index contributed by atoms with van der Waals surface area (Å²) < 4.78 is 17.6. The monoisotopic (exact) mass is 264 g/mol. The molecule has 0 aliphatic heterocycles. The minimum Gasteiger partial charge on any atom is -0.465 e. The van der Waals surface area contributed by atoms with Crippen LogP contribution in [-0.4, -0.2) is 32.1 Å². The van der Waals surface area contributed by atoms with Crippen molar-refractivity contribution in [1.82, 2.24) is 5.32 Å². The highest BCUT2D eigenvalue weighted by molar-refractivity contribution is 6.01. The van der Waals surface area contributed by atoms with E-state index in [1.165, 1.54) is 13.2 Å². The summed E-state index contributed by atoms with van der Waals surface area (Å²) in [5.74, 6) is 0.598. The molecule has 6 heteroatoms. The van der Waals surface area contributed by atoms with E-state index in [1.54, 1.807) is 0 Å². The van der Waals surface area contributed by atoms with Crippen molar-refractivity contribution in [2.45, 2.75) is 0 Å². The molecule has 0 aromatic heterocycles. The van der Waals surface area contributed by atoms with Crippen molar-refractivity contribution in [3.63, 3.8) is 0 Å². The number of methoxy groups -OCH3 is 1. The van der Waals surface area contributed by atoms with Gasteiger partial charge in [-0.2, -0.15) is 0 Å². The number of nitrogens with one attached hydrogen (secondary N) is 2. The molecule has 0 heterocycles. The van der Waals surface area contributed by atoms with E-state index < -0.39 is 17.7 Å². The number of carbonyl (C=O) groups is 2. The van der Waals surface area contributed by atoms with Crippen molar-refractivity contribution in [1.29, 1.82) is 0 Å².